The first kappa shape index (κ1) is 11.9. The third-order valence-electron chi connectivity index (χ3n) is 1.31. The Balaban J connectivity index is 3.78. The SMILES string of the molecule is C=CC([Si])(OCCC)OCCC. The van der Waals surface area contributed by atoms with Gasteiger partial charge in [-0.15, -0.1) is 0 Å². The van der Waals surface area contributed by atoms with E-state index in [1.807, 2.05) is 0 Å². The Kier molecular flexibility index (Phi) is 6.33. The summed E-state index contributed by atoms with van der Waals surface area (Å²) in [5, 5.41) is 0. The van der Waals surface area contributed by atoms with Crippen LogP contribution in [0.1, 0.15) is 26.7 Å². The zero-order valence-electron chi connectivity index (χ0n) is 7.93. The van der Waals surface area contributed by atoms with Crippen molar-refractivity contribution in [2.45, 2.75) is 32.1 Å². The molecule has 0 saturated carbocycles. The molecule has 2 nitrogen and oxygen atoms in total. The highest BCUT2D eigenvalue weighted by atomic mass is 28.1. The molecular weight excluding hydrogens is 168 g/mol. The van der Waals surface area contributed by atoms with Crippen molar-refractivity contribution in [2.75, 3.05) is 13.2 Å². The standard InChI is InChI=1S/C9H17O2Si/c1-4-7-10-9(12,6-3)11-8-5-2/h6H,3-5,7-8H2,1-2H3. The molecule has 3 radical (unpaired) electrons. The minimum Gasteiger partial charge on any atom is -0.351 e. The van der Waals surface area contributed by atoms with Crippen molar-refractivity contribution >= 4 is 10.2 Å². The molecule has 0 aromatic heterocycles. The maximum atomic E-state index is 5.40. The summed E-state index contributed by atoms with van der Waals surface area (Å²) in [6.45, 7) is 9.07. The van der Waals surface area contributed by atoms with Gasteiger partial charge in [0, 0.05) is 13.2 Å². The largest absolute Gasteiger partial charge is 0.351 e. The van der Waals surface area contributed by atoms with Gasteiger partial charge in [0.1, 0.15) is 10.2 Å². The second-order valence-electron chi connectivity index (χ2n) is 2.57. The molecule has 0 aliphatic heterocycles. The molecule has 0 N–H and O–H groups in total. The van der Waals surface area contributed by atoms with Gasteiger partial charge in [0.05, 0.1) is 0 Å². The third kappa shape index (κ3) is 4.69. The van der Waals surface area contributed by atoms with E-state index in [9.17, 15) is 0 Å². The van der Waals surface area contributed by atoms with Crippen LogP contribution in [0.25, 0.3) is 0 Å². The predicted molar refractivity (Wildman–Crippen MR) is 51.2 cm³/mol. The Hall–Kier alpha value is -0.123. The number of hydrogen-bond acceptors (Lipinski definition) is 2. The predicted octanol–water partition coefficient (Wildman–Crippen LogP) is 1.85. The van der Waals surface area contributed by atoms with E-state index in [0.717, 1.165) is 12.8 Å². The molecule has 0 aromatic carbocycles. The lowest BCUT2D eigenvalue weighted by atomic mass is 10.5. The number of rotatable bonds is 7. The van der Waals surface area contributed by atoms with E-state index >= 15 is 0 Å². The molecule has 0 saturated heterocycles. The Morgan fingerprint density at radius 2 is 1.67 bits per heavy atom. The molecule has 0 bridgehead atoms. The van der Waals surface area contributed by atoms with Crippen molar-refractivity contribution in [1.82, 2.24) is 0 Å². The molecule has 0 unspecified atom stereocenters. The third-order valence-corrected chi connectivity index (χ3v) is 1.80. The molecule has 69 valence electrons. The van der Waals surface area contributed by atoms with E-state index in [0.29, 0.717) is 13.2 Å². The maximum Gasteiger partial charge on any atom is 0.162 e. The van der Waals surface area contributed by atoms with Gasteiger partial charge in [0.15, 0.2) is 5.41 Å². The highest BCUT2D eigenvalue weighted by molar-refractivity contribution is 6.14. The molecule has 0 heterocycles. The summed E-state index contributed by atoms with van der Waals surface area (Å²) in [4.78, 5) is 0. The number of hydrogen-bond donors (Lipinski definition) is 0. The molecule has 0 amide bonds. The fraction of sp³-hybridized carbons (Fsp3) is 0.778. The lowest BCUT2D eigenvalue weighted by Gasteiger charge is -2.26. The van der Waals surface area contributed by atoms with Crippen LogP contribution in [0.15, 0.2) is 12.7 Å². The summed E-state index contributed by atoms with van der Waals surface area (Å²) in [7, 11) is 3.38. The van der Waals surface area contributed by atoms with Crippen LogP contribution in [0.5, 0.6) is 0 Å². The summed E-state index contributed by atoms with van der Waals surface area (Å²) in [6, 6.07) is 0. The zero-order chi connectivity index (χ0) is 9.45. The van der Waals surface area contributed by atoms with Gasteiger partial charge in [-0.3, -0.25) is 0 Å². The Labute approximate surface area is 78.4 Å². The summed E-state index contributed by atoms with van der Waals surface area (Å²) in [6.07, 6.45) is 3.56. The van der Waals surface area contributed by atoms with Gasteiger partial charge in [-0.05, 0) is 18.9 Å². The molecular formula is C9H17O2Si. The topological polar surface area (TPSA) is 18.5 Å². The molecule has 0 aliphatic carbocycles. The Morgan fingerprint density at radius 3 is 1.92 bits per heavy atom. The van der Waals surface area contributed by atoms with Gasteiger partial charge in [-0.2, -0.15) is 0 Å². The fourth-order valence-electron chi connectivity index (χ4n) is 0.667. The Bertz CT molecular complexity index is 118. The van der Waals surface area contributed by atoms with Gasteiger partial charge in [0.25, 0.3) is 0 Å². The van der Waals surface area contributed by atoms with E-state index in [-0.39, 0.29) is 0 Å². The molecule has 0 aliphatic rings. The van der Waals surface area contributed by atoms with Crippen LogP contribution in [-0.4, -0.2) is 28.9 Å². The fourth-order valence-corrected chi connectivity index (χ4v) is 0.871. The van der Waals surface area contributed by atoms with Gasteiger partial charge in [-0.1, -0.05) is 20.4 Å². The molecule has 12 heavy (non-hydrogen) atoms. The second-order valence-corrected chi connectivity index (χ2v) is 3.27. The zero-order valence-corrected chi connectivity index (χ0v) is 8.93. The van der Waals surface area contributed by atoms with Crippen molar-refractivity contribution in [1.29, 1.82) is 0 Å². The summed E-state index contributed by atoms with van der Waals surface area (Å²) in [5.41, 5.74) is -0.786. The smallest absolute Gasteiger partial charge is 0.162 e. The van der Waals surface area contributed by atoms with E-state index < -0.39 is 5.41 Å². The average Bonchev–Trinajstić information content (AvgIpc) is 2.11. The lowest BCUT2D eigenvalue weighted by molar-refractivity contribution is -0.145. The number of ether oxygens (including phenoxy) is 2. The van der Waals surface area contributed by atoms with E-state index in [1.165, 1.54) is 0 Å². The normalized spacial score (nSPS) is 11.6. The lowest BCUT2D eigenvalue weighted by Crippen LogP contribution is -2.34. The monoisotopic (exact) mass is 185 g/mol. The van der Waals surface area contributed by atoms with Crippen molar-refractivity contribution in [2.24, 2.45) is 0 Å². The van der Waals surface area contributed by atoms with Crippen molar-refractivity contribution in [3.8, 4) is 0 Å². The van der Waals surface area contributed by atoms with Gasteiger partial charge in [0.2, 0.25) is 0 Å². The van der Waals surface area contributed by atoms with Crippen LogP contribution in [0.3, 0.4) is 0 Å². The van der Waals surface area contributed by atoms with E-state index in [4.69, 9.17) is 9.47 Å². The van der Waals surface area contributed by atoms with Crippen LogP contribution in [-0.2, 0) is 9.47 Å². The minimum absolute atomic E-state index is 0.666. The first-order valence-corrected chi connectivity index (χ1v) is 4.85. The van der Waals surface area contributed by atoms with E-state index in [2.05, 4.69) is 30.7 Å². The average molecular weight is 185 g/mol. The molecule has 0 fully saturated rings. The molecule has 3 heteroatoms. The minimum atomic E-state index is -0.786. The molecule has 0 atom stereocenters. The van der Waals surface area contributed by atoms with Crippen LogP contribution < -0.4 is 0 Å². The molecule has 0 aromatic rings. The molecule has 0 spiro atoms. The second kappa shape index (κ2) is 6.40. The summed E-state index contributed by atoms with van der Waals surface area (Å²) in [5.74, 6) is 0. The van der Waals surface area contributed by atoms with Crippen LogP contribution in [0.4, 0.5) is 0 Å². The maximum absolute atomic E-state index is 5.40. The Morgan fingerprint density at radius 1 is 1.25 bits per heavy atom. The van der Waals surface area contributed by atoms with Gasteiger partial charge < -0.3 is 9.47 Å². The van der Waals surface area contributed by atoms with Gasteiger partial charge in [-0.25, -0.2) is 0 Å². The van der Waals surface area contributed by atoms with Crippen molar-refractivity contribution in [3.63, 3.8) is 0 Å². The highest BCUT2D eigenvalue weighted by Crippen LogP contribution is 2.10. The van der Waals surface area contributed by atoms with Gasteiger partial charge >= 0.3 is 0 Å². The van der Waals surface area contributed by atoms with Crippen LogP contribution in [0, 0.1) is 0 Å². The molecule has 0 rings (SSSR count). The van der Waals surface area contributed by atoms with Crippen molar-refractivity contribution in [3.05, 3.63) is 12.7 Å². The quantitative estimate of drug-likeness (QED) is 0.342. The van der Waals surface area contributed by atoms with Crippen molar-refractivity contribution < 1.29 is 9.47 Å². The van der Waals surface area contributed by atoms with Crippen LogP contribution >= 0.6 is 0 Å². The first-order valence-electron chi connectivity index (χ1n) is 4.35. The van der Waals surface area contributed by atoms with E-state index in [1.54, 1.807) is 6.08 Å². The summed E-state index contributed by atoms with van der Waals surface area (Å²) < 4.78 is 10.8. The van der Waals surface area contributed by atoms with Crippen LogP contribution in [0.2, 0.25) is 0 Å². The first-order chi connectivity index (χ1) is 5.68. The summed E-state index contributed by atoms with van der Waals surface area (Å²) >= 11 is 0. The highest BCUT2D eigenvalue weighted by Gasteiger charge is 2.20.